The number of halogens is 2. The van der Waals surface area contributed by atoms with Gasteiger partial charge in [0.15, 0.2) is 5.75 Å². The van der Waals surface area contributed by atoms with Crippen LogP contribution in [0.5, 0.6) is 5.75 Å². The highest BCUT2D eigenvalue weighted by atomic mass is 79.9. The van der Waals surface area contributed by atoms with Crippen molar-refractivity contribution < 1.29 is 18.7 Å². The van der Waals surface area contributed by atoms with Gasteiger partial charge in [0.1, 0.15) is 5.69 Å². The monoisotopic (exact) mass is 619 g/mol. The molecular formula is C28H19Br2N3O4. The van der Waals surface area contributed by atoms with Gasteiger partial charge < -0.3 is 14.1 Å². The first-order valence-corrected chi connectivity index (χ1v) is 12.7. The number of aromatic nitrogens is 1. The van der Waals surface area contributed by atoms with Crippen molar-refractivity contribution in [2.24, 2.45) is 5.10 Å². The molecule has 0 saturated carbocycles. The van der Waals surface area contributed by atoms with Gasteiger partial charge in [-0.15, -0.1) is 0 Å². The predicted molar refractivity (Wildman–Crippen MR) is 149 cm³/mol. The number of nitrogens with zero attached hydrogens (tertiary/aromatic N) is 1. The van der Waals surface area contributed by atoms with Crippen LogP contribution >= 0.6 is 31.9 Å². The van der Waals surface area contributed by atoms with Crippen LogP contribution in [-0.4, -0.2) is 23.1 Å². The predicted octanol–water partition coefficient (Wildman–Crippen LogP) is 7.24. The second kappa shape index (κ2) is 10.6. The molecule has 2 aromatic heterocycles. The standard InChI is InChI=1S/C28H19Br2N3O4/c1-16-9-10-22-20(12-16)24(17-6-3-2-4-7-17)25(32-22)27(34)33-31-15-18-13-19(29)14-21(30)26(18)37-28(35)23-8-5-11-36-23/h2-15,32H,1H3,(H,33,34). The summed E-state index contributed by atoms with van der Waals surface area (Å²) in [6.07, 6.45) is 2.80. The molecule has 5 rings (SSSR count). The average Bonchev–Trinajstić information content (AvgIpc) is 3.55. The van der Waals surface area contributed by atoms with Crippen LogP contribution in [0.25, 0.3) is 22.0 Å². The summed E-state index contributed by atoms with van der Waals surface area (Å²) < 4.78 is 11.9. The number of esters is 1. The molecule has 0 unspecified atom stereocenters. The van der Waals surface area contributed by atoms with E-state index >= 15 is 0 Å². The zero-order valence-electron chi connectivity index (χ0n) is 19.4. The Morgan fingerprint density at radius 2 is 1.84 bits per heavy atom. The molecule has 0 aliphatic carbocycles. The van der Waals surface area contributed by atoms with Gasteiger partial charge >= 0.3 is 5.97 Å². The Morgan fingerprint density at radius 3 is 2.59 bits per heavy atom. The maximum atomic E-state index is 13.3. The van der Waals surface area contributed by atoms with Gasteiger partial charge in [0.2, 0.25) is 5.76 Å². The molecule has 2 heterocycles. The quantitative estimate of drug-likeness (QED) is 0.0905. The smallest absolute Gasteiger partial charge is 0.379 e. The number of nitrogens with one attached hydrogen (secondary N) is 2. The number of ether oxygens (including phenoxy) is 1. The van der Waals surface area contributed by atoms with Crippen molar-refractivity contribution in [1.82, 2.24) is 10.4 Å². The minimum Gasteiger partial charge on any atom is -0.457 e. The van der Waals surface area contributed by atoms with Gasteiger partial charge in [-0.05, 0) is 64.8 Å². The first-order chi connectivity index (χ1) is 17.9. The third-order valence-electron chi connectivity index (χ3n) is 5.57. The van der Waals surface area contributed by atoms with Crippen molar-refractivity contribution in [3.63, 3.8) is 0 Å². The van der Waals surface area contributed by atoms with E-state index in [2.05, 4.69) is 47.4 Å². The molecular weight excluding hydrogens is 602 g/mol. The Labute approximate surface area is 228 Å². The van der Waals surface area contributed by atoms with Gasteiger partial charge in [-0.2, -0.15) is 5.10 Å². The van der Waals surface area contributed by atoms with Gasteiger partial charge in [0.25, 0.3) is 5.91 Å². The molecule has 0 saturated heterocycles. The SMILES string of the molecule is Cc1ccc2[nH]c(C(=O)NN=Cc3cc(Br)cc(Br)c3OC(=O)c3ccco3)c(-c3ccccc3)c2c1. The Morgan fingerprint density at radius 1 is 1.03 bits per heavy atom. The molecule has 0 bridgehead atoms. The van der Waals surface area contributed by atoms with E-state index in [1.54, 1.807) is 18.2 Å². The third-order valence-corrected chi connectivity index (χ3v) is 6.61. The maximum Gasteiger partial charge on any atom is 0.379 e. The fraction of sp³-hybridized carbons (Fsp3) is 0.0357. The summed E-state index contributed by atoms with van der Waals surface area (Å²) in [7, 11) is 0. The molecule has 3 aromatic carbocycles. The molecule has 7 nitrogen and oxygen atoms in total. The Bertz CT molecular complexity index is 1640. The molecule has 2 N–H and O–H groups in total. The lowest BCUT2D eigenvalue weighted by atomic mass is 10.0. The molecule has 5 aromatic rings. The van der Waals surface area contributed by atoms with Gasteiger partial charge in [0, 0.05) is 26.5 Å². The number of benzene rings is 3. The maximum absolute atomic E-state index is 13.3. The normalized spacial score (nSPS) is 11.2. The Hall–Kier alpha value is -3.95. The van der Waals surface area contributed by atoms with E-state index in [1.165, 1.54) is 18.5 Å². The van der Waals surface area contributed by atoms with E-state index in [4.69, 9.17) is 9.15 Å². The summed E-state index contributed by atoms with van der Waals surface area (Å²) in [5, 5.41) is 5.10. The molecule has 37 heavy (non-hydrogen) atoms. The first-order valence-electron chi connectivity index (χ1n) is 11.2. The van der Waals surface area contributed by atoms with E-state index in [1.807, 2.05) is 55.5 Å². The van der Waals surface area contributed by atoms with Crippen molar-refractivity contribution in [1.29, 1.82) is 0 Å². The van der Waals surface area contributed by atoms with Crippen molar-refractivity contribution in [3.8, 4) is 16.9 Å². The molecule has 0 atom stereocenters. The minimum absolute atomic E-state index is 0.0634. The van der Waals surface area contributed by atoms with Gasteiger partial charge in [0.05, 0.1) is 17.0 Å². The zero-order chi connectivity index (χ0) is 25.9. The summed E-state index contributed by atoms with van der Waals surface area (Å²) in [4.78, 5) is 28.9. The fourth-order valence-corrected chi connectivity index (χ4v) is 5.26. The molecule has 0 fully saturated rings. The number of hydrazone groups is 1. The molecule has 9 heteroatoms. The van der Waals surface area contributed by atoms with Crippen LogP contribution in [0.2, 0.25) is 0 Å². The number of furan rings is 1. The summed E-state index contributed by atoms with van der Waals surface area (Å²) >= 11 is 6.84. The summed E-state index contributed by atoms with van der Waals surface area (Å²) in [6, 6.07) is 22.3. The van der Waals surface area contributed by atoms with Crippen molar-refractivity contribution in [2.75, 3.05) is 0 Å². The molecule has 0 aliphatic rings. The zero-order valence-corrected chi connectivity index (χ0v) is 22.6. The van der Waals surface area contributed by atoms with Crippen LogP contribution in [0.1, 0.15) is 32.2 Å². The lowest BCUT2D eigenvalue weighted by molar-refractivity contribution is 0.0699. The molecule has 184 valence electrons. The summed E-state index contributed by atoms with van der Waals surface area (Å²) in [5.41, 5.74) is 7.09. The van der Waals surface area contributed by atoms with Crippen LogP contribution in [0.15, 0.2) is 97.5 Å². The highest BCUT2D eigenvalue weighted by molar-refractivity contribution is 9.11. The highest BCUT2D eigenvalue weighted by Gasteiger charge is 2.20. The van der Waals surface area contributed by atoms with E-state index in [0.29, 0.717) is 15.7 Å². The van der Waals surface area contributed by atoms with Crippen LogP contribution in [0.4, 0.5) is 0 Å². The lowest BCUT2D eigenvalue weighted by Gasteiger charge is -2.09. The number of hydrogen-bond acceptors (Lipinski definition) is 5. The number of amides is 1. The van der Waals surface area contributed by atoms with E-state index in [9.17, 15) is 9.59 Å². The average molecular weight is 621 g/mol. The van der Waals surface area contributed by atoms with Crippen LogP contribution in [0, 0.1) is 6.92 Å². The first kappa shape index (κ1) is 24.7. The second-order valence-electron chi connectivity index (χ2n) is 8.16. The molecule has 0 spiro atoms. The minimum atomic E-state index is -0.660. The number of carbonyl (C=O) groups excluding carboxylic acids is 2. The van der Waals surface area contributed by atoms with Crippen molar-refractivity contribution in [2.45, 2.75) is 6.92 Å². The number of fused-ring (bicyclic) bond motifs is 1. The highest BCUT2D eigenvalue weighted by Crippen LogP contribution is 2.34. The number of aromatic amines is 1. The Balaban J connectivity index is 1.45. The van der Waals surface area contributed by atoms with Crippen molar-refractivity contribution >= 4 is 60.9 Å². The van der Waals surface area contributed by atoms with Crippen LogP contribution < -0.4 is 10.2 Å². The molecule has 0 aliphatic heterocycles. The number of aryl methyl sites for hydroxylation is 1. The van der Waals surface area contributed by atoms with E-state index < -0.39 is 11.9 Å². The number of hydrogen-bond donors (Lipinski definition) is 2. The van der Waals surface area contributed by atoms with E-state index in [0.717, 1.165) is 32.1 Å². The lowest BCUT2D eigenvalue weighted by Crippen LogP contribution is -2.19. The summed E-state index contributed by atoms with van der Waals surface area (Å²) in [5.74, 6) is -0.776. The van der Waals surface area contributed by atoms with Gasteiger partial charge in [-0.3, -0.25) is 4.79 Å². The van der Waals surface area contributed by atoms with Gasteiger partial charge in [-0.1, -0.05) is 57.9 Å². The second-order valence-corrected chi connectivity index (χ2v) is 9.93. The molecule has 0 radical (unpaired) electrons. The van der Waals surface area contributed by atoms with Crippen molar-refractivity contribution in [3.05, 3.63) is 111 Å². The number of H-pyrrole nitrogens is 1. The number of rotatable bonds is 6. The largest absolute Gasteiger partial charge is 0.457 e. The topological polar surface area (TPSA) is 96.7 Å². The van der Waals surface area contributed by atoms with Crippen LogP contribution in [0.3, 0.4) is 0 Å². The van der Waals surface area contributed by atoms with Gasteiger partial charge in [-0.25, -0.2) is 10.2 Å². The molecule has 1 amide bonds. The van der Waals surface area contributed by atoms with E-state index in [-0.39, 0.29) is 11.5 Å². The number of carbonyl (C=O) groups is 2. The fourth-order valence-electron chi connectivity index (χ4n) is 3.92. The Kier molecular flexibility index (Phi) is 7.07. The summed E-state index contributed by atoms with van der Waals surface area (Å²) in [6.45, 7) is 2.01. The van der Waals surface area contributed by atoms with Crippen LogP contribution in [-0.2, 0) is 0 Å². The third kappa shape index (κ3) is 5.28.